The molecule has 1 aliphatic carbocycles. The molecule has 1 saturated heterocycles. The summed E-state index contributed by atoms with van der Waals surface area (Å²) >= 11 is 1.45. The summed E-state index contributed by atoms with van der Waals surface area (Å²) in [5.74, 6) is 0.816. The van der Waals surface area contributed by atoms with E-state index in [9.17, 15) is 4.79 Å². The first-order valence-corrected chi connectivity index (χ1v) is 8.33. The van der Waals surface area contributed by atoms with Crippen molar-refractivity contribution in [2.45, 2.75) is 39.2 Å². The van der Waals surface area contributed by atoms with E-state index in [-0.39, 0.29) is 5.91 Å². The van der Waals surface area contributed by atoms with Crippen LogP contribution in [-0.4, -0.2) is 28.4 Å². The summed E-state index contributed by atoms with van der Waals surface area (Å²) in [5.41, 5.74) is 8.98. The summed E-state index contributed by atoms with van der Waals surface area (Å²) < 4.78 is 0. The minimum absolute atomic E-state index is 0.111. The van der Waals surface area contributed by atoms with Gasteiger partial charge in [0.1, 0.15) is 9.71 Å². The second kappa shape index (κ2) is 4.44. The number of anilines is 1. The maximum atomic E-state index is 12.9. The van der Waals surface area contributed by atoms with Gasteiger partial charge in [-0.25, -0.2) is 4.98 Å². The first kappa shape index (κ1) is 13.1. The van der Waals surface area contributed by atoms with Crippen molar-refractivity contribution in [1.29, 1.82) is 0 Å². The molecule has 2 fully saturated rings. The van der Waals surface area contributed by atoms with Gasteiger partial charge in [0, 0.05) is 23.7 Å². The molecule has 1 aliphatic heterocycles. The Morgan fingerprint density at radius 2 is 2.24 bits per heavy atom. The highest BCUT2D eigenvalue weighted by Crippen LogP contribution is 2.41. The molecule has 2 N–H and O–H groups in total. The number of amides is 1. The Kier molecular flexibility index (Phi) is 2.76. The van der Waals surface area contributed by atoms with Crippen molar-refractivity contribution in [2.75, 3.05) is 12.3 Å². The molecule has 2 atom stereocenters. The van der Waals surface area contributed by atoms with Gasteiger partial charge in [0.15, 0.2) is 0 Å². The number of aryl methyl sites for hydroxylation is 2. The minimum atomic E-state index is 0.111. The first-order chi connectivity index (χ1) is 10.0. The molecule has 3 heterocycles. The highest BCUT2D eigenvalue weighted by molar-refractivity contribution is 7.21. The maximum Gasteiger partial charge on any atom is 0.266 e. The predicted octanol–water partition coefficient (Wildman–Crippen LogP) is 3.12. The molecule has 2 aromatic rings. The highest BCUT2D eigenvalue weighted by atomic mass is 32.1. The lowest BCUT2D eigenvalue weighted by Gasteiger charge is -2.26. The number of carbonyl (C=O) groups is 1. The van der Waals surface area contributed by atoms with E-state index in [1.807, 2.05) is 24.8 Å². The number of fused-ring (bicyclic) bond motifs is 3. The summed E-state index contributed by atoms with van der Waals surface area (Å²) in [6.45, 7) is 4.91. The van der Waals surface area contributed by atoms with Crippen LogP contribution in [0.1, 0.15) is 40.2 Å². The van der Waals surface area contributed by atoms with Crippen molar-refractivity contribution in [2.24, 2.45) is 5.92 Å². The standard InChI is InChI=1S/C16H19N3OS/c1-8-5-9(2)18-15-12(8)13(17)14(21-15)16(20)19-7-10-3-4-11(19)6-10/h5,10-11H,3-4,6-7,17H2,1-2H3. The second-order valence-corrected chi connectivity index (χ2v) is 7.40. The number of nitrogens with two attached hydrogens (primary N) is 1. The van der Waals surface area contributed by atoms with E-state index in [4.69, 9.17) is 5.73 Å². The minimum Gasteiger partial charge on any atom is -0.397 e. The monoisotopic (exact) mass is 301 g/mol. The predicted molar refractivity (Wildman–Crippen MR) is 85.7 cm³/mol. The summed E-state index contributed by atoms with van der Waals surface area (Å²) in [6, 6.07) is 2.46. The van der Waals surface area contributed by atoms with Crippen LogP contribution in [0.25, 0.3) is 10.2 Å². The van der Waals surface area contributed by atoms with Gasteiger partial charge in [0.25, 0.3) is 5.91 Å². The zero-order valence-electron chi connectivity index (χ0n) is 12.3. The van der Waals surface area contributed by atoms with Crippen molar-refractivity contribution in [1.82, 2.24) is 9.88 Å². The van der Waals surface area contributed by atoms with Crippen LogP contribution in [0.4, 0.5) is 5.69 Å². The maximum absolute atomic E-state index is 12.9. The summed E-state index contributed by atoms with van der Waals surface area (Å²) in [4.78, 5) is 21.0. The van der Waals surface area contributed by atoms with Crippen LogP contribution in [0.2, 0.25) is 0 Å². The average molecular weight is 301 g/mol. The summed E-state index contributed by atoms with van der Waals surface area (Å²) in [6.07, 6.45) is 3.60. The van der Waals surface area contributed by atoms with Crippen LogP contribution in [0.3, 0.4) is 0 Å². The topological polar surface area (TPSA) is 59.2 Å². The molecule has 1 amide bonds. The lowest BCUT2D eigenvalue weighted by molar-refractivity contribution is 0.0709. The zero-order valence-corrected chi connectivity index (χ0v) is 13.2. The molecule has 0 radical (unpaired) electrons. The number of hydrogen-bond acceptors (Lipinski definition) is 4. The van der Waals surface area contributed by atoms with E-state index in [1.165, 1.54) is 24.2 Å². The van der Waals surface area contributed by atoms with Gasteiger partial charge in [0.2, 0.25) is 0 Å². The Balaban J connectivity index is 1.78. The molecule has 2 unspecified atom stereocenters. The Morgan fingerprint density at radius 3 is 2.90 bits per heavy atom. The van der Waals surface area contributed by atoms with Crippen LogP contribution < -0.4 is 5.73 Å². The smallest absolute Gasteiger partial charge is 0.266 e. The number of carbonyl (C=O) groups excluding carboxylic acids is 1. The zero-order chi connectivity index (χ0) is 14.7. The molecule has 21 heavy (non-hydrogen) atoms. The summed E-state index contributed by atoms with van der Waals surface area (Å²) in [5, 5.41) is 0.957. The van der Waals surface area contributed by atoms with E-state index >= 15 is 0 Å². The molecule has 2 bridgehead atoms. The Hall–Kier alpha value is -1.62. The third-order valence-corrected chi connectivity index (χ3v) is 5.98. The normalized spacial score (nSPS) is 24.2. The summed E-state index contributed by atoms with van der Waals surface area (Å²) in [7, 11) is 0. The van der Waals surface area contributed by atoms with Crippen LogP contribution in [0, 0.1) is 19.8 Å². The Bertz CT molecular complexity index is 752. The van der Waals surface area contributed by atoms with Gasteiger partial charge in [-0.15, -0.1) is 11.3 Å². The molecule has 5 heteroatoms. The van der Waals surface area contributed by atoms with Crippen molar-refractivity contribution in [3.8, 4) is 0 Å². The second-order valence-electron chi connectivity index (χ2n) is 6.40. The lowest BCUT2D eigenvalue weighted by Crippen LogP contribution is -2.37. The number of piperidine rings is 1. The number of hydrogen-bond donors (Lipinski definition) is 1. The number of thiophene rings is 1. The fourth-order valence-corrected chi connectivity index (χ4v) is 5.10. The average Bonchev–Trinajstić information content (AvgIpc) is 3.11. The number of nitrogens with zero attached hydrogens (tertiary/aromatic N) is 2. The molecule has 4 rings (SSSR count). The third kappa shape index (κ3) is 1.87. The van der Waals surface area contributed by atoms with Gasteiger partial charge in [-0.05, 0) is 50.7 Å². The molecular weight excluding hydrogens is 282 g/mol. The highest BCUT2D eigenvalue weighted by Gasteiger charge is 2.41. The number of nitrogen functional groups attached to an aromatic ring is 1. The van der Waals surface area contributed by atoms with Crippen molar-refractivity contribution in [3.05, 3.63) is 22.2 Å². The fraction of sp³-hybridized carbons (Fsp3) is 0.500. The van der Waals surface area contributed by atoms with Gasteiger partial charge in [0.05, 0.1) is 5.69 Å². The molecule has 2 aliphatic rings. The third-order valence-electron chi connectivity index (χ3n) is 4.89. The van der Waals surface area contributed by atoms with Crippen LogP contribution in [0.15, 0.2) is 6.07 Å². The van der Waals surface area contributed by atoms with Gasteiger partial charge in [-0.2, -0.15) is 0 Å². The van der Waals surface area contributed by atoms with Gasteiger partial charge >= 0.3 is 0 Å². The van der Waals surface area contributed by atoms with Crippen molar-refractivity contribution in [3.63, 3.8) is 0 Å². The largest absolute Gasteiger partial charge is 0.397 e. The van der Waals surface area contributed by atoms with E-state index in [0.29, 0.717) is 22.5 Å². The number of likely N-dealkylation sites (tertiary alicyclic amines) is 1. The Morgan fingerprint density at radius 1 is 1.43 bits per heavy atom. The van der Waals surface area contributed by atoms with E-state index in [1.54, 1.807) is 0 Å². The fourth-order valence-electron chi connectivity index (χ4n) is 3.93. The number of pyridine rings is 1. The quantitative estimate of drug-likeness (QED) is 0.880. The molecule has 110 valence electrons. The molecule has 4 nitrogen and oxygen atoms in total. The molecule has 0 aromatic carbocycles. The van der Waals surface area contributed by atoms with E-state index in [2.05, 4.69) is 4.98 Å². The molecule has 1 saturated carbocycles. The molecule has 2 aromatic heterocycles. The van der Waals surface area contributed by atoms with Crippen molar-refractivity contribution < 1.29 is 4.79 Å². The number of rotatable bonds is 1. The Labute approximate surface area is 128 Å². The lowest BCUT2D eigenvalue weighted by atomic mass is 10.1. The SMILES string of the molecule is Cc1cc(C)c2c(N)c(C(=O)N3CC4CCC3C4)sc2n1. The van der Waals surface area contributed by atoms with E-state index in [0.717, 1.165) is 34.4 Å². The first-order valence-electron chi connectivity index (χ1n) is 7.51. The van der Waals surface area contributed by atoms with Gasteiger partial charge < -0.3 is 10.6 Å². The van der Waals surface area contributed by atoms with Gasteiger partial charge in [-0.1, -0.05) is 0 Å². The number of aromatic nitrogens is 1. The molecule has 0 spiro atoms. The van der Waals surface area contributed by atoms with Gasteiger partial charge in [-0.3, -0.25) is 4.79 Å². The van der Waals surface area contributed by atoms with Crippen LogP contribution >= 0.6 is 11.3 Å². The van der Waals surface area contributed by atoms with E-state index < -0.39 is 0 Å². The van der Waals surface area contributed by atoms with Crippen LogP contribution in [-0.2, 0) is 0 Å². The van der Waals surface area contributed by atoms with Crippen LogP contribution in [0.5, 0.6) is 0 Å². The molecular formula is C16H19N3OS. The van der Waals surface area contributed by atoms with Crippen molar-refractivity contribution >= 4 is 33.1 Å².